The maximum atomic E-state index is 12.2. The van der Waals surface area contributed by atoms with E-state index in [-0.39, 0.29) is 24.2 Å². The summed E-state index contributed by atoms with van der Waals surface area (Å²) < 4.78 is 0. The Labute approximate surface area is 160 Å². The molecular formula is C20H24ClN3O2. The first-order valence-electron chi connectivity index (χ1n) is 8.58. The summed E-state index contributed by atoms with van der Waals surface area (Å²) in [5.74, 6) is 0.114. The quantitative estimate of drug-likeness (QED) is 0.817. The average Bonchev–Trinajstić information content (AvgIpc) is 3.05. The molecule has 138 valence electrons. The van der Waals surface area contributed by atoms with Gasteiger partial charge in [0.2, 0.25) is 5.91 Å². The van der Waals surface area contributed by atoms with Gasteiger partial charge in [0, 0.05) is 38.2 Å². The summed E-state index contributed by atoms with van der Waals surface area (Å²) in [5.41, 5.74) is 9.30. The third-order valence-corrected chi connectivity index (χ3v) is 4.44. The number of likely N-dealkylation sites (tertiary alicyclic amines) is 1. The Kier molecular flexibility index (Phi) is 7.18. The van der Waals surface area contributed by atoms with Gasteiger partial charge in [-0.15, -0.1) is 12.4 Å². The van der Waals surface area contributed by atoms with Gasteiger partial charge >= 0.3 is 0 Å². The highest BCUT2D eigenvalue weighted by Gasteiger charge is 2.19. The zero-order chi connectivity index (χ0) is 17.6. The number of carbonyl (C=O) groups is 2. The molecule has 0 unspecified atom stereocenters. The topological polar surface area (TPSA) is 75.4 Å². The number of nitrogens with two attached hydrogens (primary N) is 1. The van der Waals surface area contributed by atoms with E-state index in [0.717, 1.165) is 29.7 Å². The molecule has 0 aromatic heterocycles. The van der Waals surface area contributed by atoms with Crippen LogP contribution in [0.1, 0.15) is 39.9 Å². The monoisotopic (exact) mass is 373 g/mol. The van der Waals surface area contributed by atoms with Crippen LogP contribution in [0.5, 0.6) is 0 Å². The first kappa shape index (κ1) is 19.9. The molecule has 1 fully saturated rings. The van der Waals surface area contributed by atoms with Crippen molar-refractivity contribution < 1.29 is 9.59 Å². The molecule has 3 N–H and O–H groups in total. The molecule has 0 aliphatic carbocycles. The van der Waals surface area contributed by atoms with Gasteiger partial charge in [-0.25, -0.2) is 0 Å². The Bertz CT molecular complexity index is 762. The normalized spacial score (nSPS) is 13.4. The van der Waals surface area contributed by atoms with Crippen LogP contribution < -0.4 is 11.1 Å². The van der Waals surface area contributed by atoms with Crippen molar-refractivity contribution in [3.05, 3.63) is 70.8 Å². The number of hydrogen-bond acceptors (Lipinski definition) is 3. The van der Waals surface area contributed by atoms with Gasteiger partial charge < -0.3 is 16.0 Å². The Balaban J connectivity index is 0.00000243. The number of carbonyl (C=O) groups excluding carboxylic acids is 2. The van der Waals surface area contributed by atoms with E-state index in [2.05, 4.69) is 5.32 Å². The van der Waals surface area contributed by atoms with Gasteiger partial charge in [0.25, 0.3) is 5.91 Å². The van der Waals surface area contributed by atoms with Crippen molar-refractivity contribution in [3.8, 4) is 0 Å². The van der Waals surface area contributed by atoms with Crippen LogP contribution >= 0.6 is 12.4 Å². The predicted molar refractivity (Wildman–Crippen MR) is 104 cm³/mol. The van der Waals surface area contributed by atoms with Crippen molar-refractivity contribution in [1.29, 1.82) is 0 Å². The van der Waals surface area contributed by atoms with Gasteiger partial charge in [0.15, 0.2) is 0 Å². The van der Waals surface area contributed by atoms with Gasteiger partial charge in [-0.05, 0) is 35.2 Å². The summed E-state index contributed by atoms with van der Waals surface area (Å²) >= 11 is 0. The molecule has 5 nitrogen and oxygen atoms in total. The summed E-state index contributed by atoms with van der Waals surface area (Å²) in [6.45, 7) is 2.40. The summed E-state index contributed by atoms with van der Waals surface area (Å²) in [7, 11) is 0. The van der Waals surface area contributed by atoms with Crippen molar-refractivity contribution in [3.63, 3.8) is 0 Å². The van der Waals surface area contributed by atoms with Crippen LogP contribution in [0.4, 0.5) is 0 Å². The number of nitrogens with zero attached hydrogens (tertiary/aromatic N) is 1. The Hall–Kier alpha value is -2.37. The maximum Gasteiger partial charge on any atom is 0.251 e. The summed E-state index contributed by atoms with van der Waals surface area (Å²) in [6.07, 6.45) is 1.59. The molecule has 2 aromatic carbocycles. The van der Waals surface area contributed by atoms with Crippen LogP contribution in [0.15, 0.2) is 48.5 Å². The lowest BCUT2D eigenvalue weighted by molar-refractivity contribution is -0.128. The molecule has 1 heterocycles. The fraction of sp³-hybridized carbons (Fsp3) is 0.300. The molecule has 26 heavy (non-hydrogen) atoms. The molecule has 0 atom stereocenters. The van der Waals surface area contributed by atoms with Crippen LogP contribution in [0, 0.1) is 0 Å². The minimum absolute atomic E-state index is 0. The average molecular weight is 374 g/mol. The van der Waals surface area contributed by atoms with Gasteiger partial charge in [0.05, 0.1) is 0 Å². The number of nitrogens with one attached hydrogen (secondary N) is 1. The third kappa shape index (κ3) is 5.07. The minimum Gasteiger partial charge on any atom is -0.348 e. The van der Waals surface area contributed by atoms with Crippen LogP contribution in [0.25, 0.3) is 0 Å². The molecule has 0 bridgehead atoms. The van der Waals surface area contributed by atoms with Crippen molar-refractivity contribution >= 4 is 24.2 Å². The molecular weight excluding hydrogens is 350 g/mol. The molecule has 1 aliphatic rings. The molecule has 2 aromatic rings. The second-order valence-electron chi connectivity index (χ2n) is 6.32. The highest BCUT2D eigenvalue weighted by molar-refractivity contribution is 5.94. The van der Waals surface area contributed by atoms with Crippen molar-refractivity contribution in [2.24, 2.45) is 5.73 Å². The van der Waals surface area contributed by atoms with Gasteiger partial charge in [-0.2, -0.15) is 0 Å². The van der Waals surface area contributed by atoms with E-state index in [1.807, 2.05) is 41.3 Å². The van der Waals surface area contributed by atoms with Crippen molar-refractivity contribution in [1.82, 2.24) is 10.2 Å². The molecule has 2 amide bonds. The fourth-order valence-electron chi connectivity index (χ4n) is 3.01. The predicted octanol–water partition coefficient (Wildman–Crippen LogP) is 2.62. The minimum atomic E-state index is -0.108. The summed E-state index contributed by atoms with van der Waals surface area (Å²) in [4.78, 5) is 25.9. The summed E-state index contributed by atoms with van der Waals surface area (Å²) in [6, 6.07) is 15.3. The van der Waals surface area contributed by atoms with E-state index in [4.69, 9.17) is 5.73 Å². The largest absolute Gasteiger partial charge is 0.348 e. The number of benzene rings is 2. The Morgan fingerprint density at radius 3 is 2.46 bits per heavy atom. The van der Waals surface area contributed by atoms with Crippen molar-refractivity contribution in [2.75, 3.05) is 6.54 Å². The molecule has 1 aliphatic heterocycles. The Morgan fingerprint density at radius 1 is 1.08 bits per heavy atom. The molecule has 0 radical (unpaired) electrons. The smallest absolute Gasteiger partial charge is 0.251 e. The SMILES string of the molecule is Cl.NCc1ccc(C(=O)NCc2cccc(CN3CCCC3=O)c2)cc1. The highest BCUT2D eigenvalue weighted by Crippen LogP contribution is 2.15. The zero-order valence-electron chi connectivity index (χ0n) is 14.6. The van der Waals surface area contributed by atoms with Crippen LogP contribution in [0.3, 0.4) is 0 Å². The van der Waals surface area contributed by atoms with E-state index in [1.165, 1.54) is 0 Å². The van der Waals surface area contributed by atoms with Gasteiger partial charge in [-0.1, -0.05) is 36.4 Å². The van der Waals surface area contributed by atoms with E-state index < -0.39 is 0 Å². The second kappa shape index (κ2) is 9.36. The third-order valence-electron chi connectivity index (χ3n) is 4.44. The molecule has 0 saturated carbocycles. The van der Waals surface area contributed by atoms with Crippen molar-refractivity contribution in [2.45, 2.75) is 32.5 Å². The lowest BCUT2D eigenvalue weighted by atomic mass is 10.1. The first-order chi connectivity index (χ1) is 12.2. The highest BCUT2D eigenvalue weighted by atomic mass is 35.5. The van der Waals surface area contributed by atoms with E-state index in [0.29, 0.717) is 31.6 Å². The van der Waals surface area contributed by atoms with Crippen LogP contribution in [-0.2, 0) is 24.4 Å². The number of amides is 2. The lowest BCUT2D eigenvalue weighted by Gasteiger charge is -2.16. The molecule has 3 rings (SSSR count). The van der Waals surface area contributed by atoms with E-state index in [9.17, 15) is 9.59 Å². The Morgan fingerprint density at radius 2 is 1.81 bits per heavy atom. The fourth-order valence-corrected chi connectivity index (χ4v) is 3.01. The van der Waals surface area contributed by atoms with Crippen LogP contribution in [0.2, 0.25) is 0 Å². The molecule has 0 spiro atoms. The number of halogens is 1. The number of rotatable bonds is 6. The second-order valence-corrected chi connectivity index (χ2v) is 6.32. The van der Waals surface area contributed by atoms with E-state index in [1.54, 1.807) is 12.1 Å². The molecule has 6 heteroatoms. The summed E-state index contributed by atoms with van der Waals surface area (Å²) in [5, 5.41) is 2.93. The number of hydrogen-bond donors (Lipinski definition) is 2. The van der Waals surface area contributed by atoms with Crippen LogP contribution in [-0.4, -0.2) is 23.3 Å². The van der Waals surface area contributed by atoms with E-state index >= 15 is 0 Å². The lowest BCUT2D eigenvalue weighted by Crippen LogP contribution is -2.24. The molecule has 1 saturated heterocycles. The van der Waals surface area contributed by atoms with Gasteiger partial charge in [-0.3, -0.25) is 9.59 Å². The standard InChI is InChI=1S/C20H23N3O2.ClH/c21-12-15-6-8-18(9-7-15)20(25)22-13-16-3-1-4-17(11-16)14-23-10-2-5-19(23)24;/h1,3-4,6-9,11H,2,5,10,12-14,21H2,(H,22,25);1H. The zero-order valence-corrected chi connectivity index (χ0v) is 15.4. The maximum absolute atomic E-state index is 12.2. The first-order valence-corrected chi connectivity index (χ1v) is 8.58. The van der Waals surface area contributed by atoms with Gasteiger partial charge in [0.1, 0.15) is 0 Å².